The fourth-order valence-electron chi connectivity index (χ4n) is 4.64. The van der Waals surface area contributed by atoms with Crippen LogP contribution in [0.15, 0.2) is 30.3 Å². The monoisotopic (exact) mass is 485 g/mol. The lowest BCUT2D eigenvalue weighted by atomic mass is 10.1. The van der Waals surface area contributed by atoms with E-state index in [9.17, 15) is 9.59 Å². The summed E-state index contributed by atoms with van der Waals surface area (Å²) in [5, 5.41) is 6.25. The molecule has 9 heteroatoms. The lowest BCUT2D eigenvalue weighted by Gasteiger charge is -2.35. The van der Waals surface area contributed by atoms with Gasteiger partial charge in [-0.3, -0.25) is 14.5 Å². The van der Waals surface area contributed by atoms with Crippen LogP contribution in [0, 0.1) is 6.92 Å². The highest BCUT2D eigenvalue weighted by atomic mass is 35.5. The van der Waals surface area contributed by atoms with E-state index in [-0.39, 0.29) is 11.8 Å². The first-order valence-electron chi connectivity index (χ1n) is 11.5. The van der Waals surface area contributed by atoms with Crippen LogP contribution in [-0.2, 0) is 4.79 Å². The number of carbonyl (C=O) groups is 2. The van der Waals surface area contributed by atoms with Crippen molar-refractivity contribution in [2.45, 2.75) is 26.2 Å². The van der Waals surface area contributed by atoms with Crippen molar-refractivity contribution in [2.75, 3.05) is 45.8 Å². The molecule has 2 aliphatic heterocycles. The molecule has 2 aromatic heterocycles. The molecule has 4 heterocycles. The average Bonchev–Trinajstić information content (AvgIpc) is 3.41. The van der Waals surface area contributed by atoms with Crippen LogP contribution in [-0.4, -0.2) is 82.1 Å². The summed E-state index contributed by atoms with van der Waals surface area (Å²) in [6.45, 7) is 6.90. The molecule has 0 bridgehead atoms. The van der Waals surface area contributed by atoms with Crippen LogP contribution in [0.1, 0.15) is 34.6 Å². The topological polar surface area (TPSA) is 61.7 Å². The van der Waals surface area contributed by atoms with E-state index in [1.165, 1.54) is 17.8 Å². The highest BCUT2D eigenvalue weighted by Crippen LogP contribution is 2.33. The second-order valence-electron chi connectivity index (χ2n) is 8.79. The number of piperidine rings is 1. The Morgan fingerprint density at radius 2 is 1.73 bits per heavy atom. The number of hydrogen-bond acceptors (Lipinski definition) is 5. The number of thiophene rings is 1. The van der Waals surface area contributed by atoms with E-state index in [0.717, 1.165) is 60.6 Å². The van der Waals surface area contributed by atoms with Gasteiger partial charge in [0, 0.05) is 44.7 Å². The van der Waals surface area contributed by atoms with Gasteiger partial charge in [-0.2, -0.15) is 5.10 Å². The molecule has 0 radical (unpaired) electrons. The Labute approximate surface area is 202 Å². The number of aromatic nitrogens is 2. The normalized spacial score (nSPS) is 17.6. The molecule has 7 nitrogen and oxygen atoms in total. The Morgan fingerprint density at radius 3 is 2.45 bits per heavy atom. The predicted molar refractivity (Wildman–Crippen MR) is 131 cm³/mol. The SMILES string of the molecule is Cc1nn(-c2ccccc2Cl)c2sc(C(=O)N3CCN(CC(=O)N4CCCCC4)CC3)cc12. The van der Waals surface area contributed by atoms with Gasteiger partial charge in [-0.05, 0) is 44.4 Å². The van der Waals surface area contributed by atoms with Gasteiger partial charge < -0.3 is 9.80 Å². The fraction of sp³-hybridized carbons (Fsp3) is 0.458. The third-order valence-corrected chi connectivity index (χ3v) is 7.98. The van der Waals surface area contributed by atoms with Crippen LogP contribution < -0.4 is 0 Å². The molecule has 0 N–H and O–H groups in total. The second kappa shape index (κ2) is 9.44. The minimum absolute atomic E-state index is 0.0447. The molecule has 5 rings (SSSR count). The highest BCUT2D eigenvalue weighted by Gasteiger charge is 2.27. The zero-order valence-electron chi connectivity index (χ0n) is 18.8. The van der Waals surface area contributed by atoms with Gasteiger partial charge in [0.1, 0.15) is 4.83 Å². The summed E-state index contributed by atoms with van der Waals surface area (Å²) < 4.78 is 1.83. The van der Waals surface area contributed by atoms with Crippen molar-refractivity contribution in [3.05, 3.63) is 45.9 Å². The van der Waals surface area contributed by atoms with Crippen LogP contribution in [0.5, 0.6) is 0 Å². The van der Waals surface area contributed by atoms with Gasteiger partial charge in [0.25, 0.3) is 5.91 Å². The van der Waals surface area contributed by atoms with E-state index >= 15 is 0 Å². The number of benzene rings is 1. The summed E-state index contributed by atoms with van der Waals surface area (Å²) >= 11 is 7.85. The maximum absolute atomic E-state index is 13.3. The average molecular weight is 486 g/mol. The summed E-state index contributed by atoms with van der Waals surface area (Å²) in [4.78, 5) is 33.5. The summed E-state index contributed by atoms with van der Waals surface area (Å²) in [6.07, 6.45) is 3.44. The van der Waals surface area contributed by atoms with Gasteiger partial charge in [0.05, 0.1) is 27.8 Å². The Bertz CT molecular complexity index is 1170. The van der Waals surface area contributed by atoms with Gasteiger partial charge in [-0.25, -0.2) is 4.68 Å². The Balaban J connectivity index is 1.26. The second-order valence-corrected chi connectivity index (χ2v) is 10.2. The molecule has 1 aromatic carbocycles. The molecule has 2 saturated heterocycles. The number of aryl methyl sites for hydroxylation is 1. The van der Waals surface area contributed by atoms with Crippen molar-refractivity contribution in [3.8, 4) is 5.69 Å². The summed E-state index contributed by atoms with van der Waals surface area (Å²) in [5.41, 5.74) is 1.69. The standard InChI is InChI=1S/C24H28ClN5O2S/c1-17-18-15-21(33-24(18)30(26-17)20-8-4-3-7-19(20)25)23(32)29-13-11-27(12-14-29)16-22(31)28-9-5-2-6-10-28/h3-4,7-8,15H,2,5-6,9-14,16H2,1H3. The lowest BCUT2D eigenvalue weighted by molar-refractivity contribution is -0.133. The number of piperazine rings is 1. The van der Waals surface area contributed by atoms with E-state index in [1.54, 1.807) is 0 Å². The molecule has 0 atom stereocenters. The van der Waals surface area contributed by atoms with Crippen molar-refractivity contribution in [1.82, 2.24) is 24.5 Å². The van der Waals surface area contributed by atoms with Crippen molar-refractivity contribution in [2.24, 2.45) is 0 Å². The van der Waals surface area contributed by atoms with Crippen molar-refractivity contribution < 1.29 is 9.59 Å². The number of para-hydroxylation sites is 1. The maximum atomic E-state index is 13.3. The summed E-state index contributed by atoms with van der Waals surface area (Å²) in [7, 11) is 0. The third-order valence-electron chi connectivity index (χ3n) is 6.56. The molecule has 3 aromatic rings. The maximum Gasteiger partial charge on any atom is 0.264 e. The number of carbonyl (C=O) groups excluding carboxylic acids is 2. The van der Waals surface area contributed by atoms with Crippen LogP contribution in [0.3, 0.4) is 0 Å². The van der Waals surface area contributed by atoms with Crippen LogP contribution in [0.4, 0.5) is 0 Å². The summed E-state index contributed by atoms with van der Waals surface area (Å²) in [6, 6.07) is 9.54. The Kier molecular flexibility index (Phi) is 6.40. The van der Waals surface area contributed by atoms with Crippen molar-refractivity contribution >= 4 is 45.0 Å². The lowest BCUT2D eigenvalue weighted by Crippen LogP contribution is -2.51. The molecule has 2 amide bonds. The smallest absolute Gasteiger partial charge is 0.264 e. The molecule has 0 saturated carbocycles. The zero-order chi connectivity index (χ0) is 22.9. The van der Waals surface area contributed by atoms with Crippen molar-refractivity contribution in [1.29, 1.82) is 0 Å². The molecule has 0 aliphatic carbocycles. The minimum atomic E-state index is 0.0447. The van der Waals surface area contributed by atoms with E-state index in [4.69, 9.17) is 11.6 Å². The highest BCUT2D eigenvalue weighted by molar-refractivity contribution is 7.20. The number of hydrogen-bond donors (Lipinski definition) is 0. The Hall–Kier alpha value is -2.42. The van der Waals surface area contributed by atoms with Gasteiger partial charge in [0.2, 0.25) is 5.91 Å². The van der Waals surface area contributed by atoms with E-state index in [2.05, 4.69) is 10.00 Å². The number of fused-ring (bicyclic) bond motifs is 1. The largest absolute Gasteiger partial charge is 0.342 e. The van der Waals surface area contributed by atoms with Crippen LogP contribution >= 0.6 is 22.9 Å². The van der Waals surface area contributed by atoms with Gasteiger partial charge >= 0.3 is 0 Å². The van der Waals surface area contributed by atoms with Gasteiger partial charge in [-0.15, -0.1) is 11.3 Å². The Morgan fingerprint density at radius 1 is 1.00 bits per heavy atom. The van der Waals surface area contributed by atoms with Crippen LogP contribution in [0.25, 0.3) is 15.9 Å². The number of amides is 2. The quantitative estimate of drug-likeness (QED) is 0.563. The first-order valence-corrected chi connectivity index (χ1v) is 12.7. The first kappa shape index (κ1) is 22.4. The van der Waals surface area contributed by atoms with Crippen molar-refractivity contribution in [3.63, 3.8) is 0 Å². The van der Waals surface area contributed by atoms with Gasteiger partial charge in [0.15, 0.2) is 0 Å². The first-order chi connectivity index (χ1) is 16.0. The number of halogens is 1. The molecular formula is C24H28ClN5O2S. The molecule has 2 aliphatic rings. The third kappa shape index (κ3) is 4.52. The molecule has 33 heavy (non-hydrogen) atoms. The molecule has 0 spiro atoms. The molecular weight excluding hydrogens is 458 g/mol. The minimum Gasteiger partial charge on any atom is -0.342 e. The number of likely N-dealkylation sites (tertiary alicyclic amines) is 1. The van der Waals surface area contributed by atoms with Gasteiger partial charge in [-0.1, -0.05) is 23.7 Å². The fourth-order valence-corrected chi connectivity index (χ4v) is 6.00. The molecule has 174 valence electrons. The van der Waals surface area contributed by atoms with E-state index in [0.29, 0.717) is 29.5 Å². The van der Waals surface area contributed by atoms with Crippen LogP contribution in [0.2, 0.25) is 5.02 Å². The molecule has 2 fully saturated rings. The summed E-state index contributed by atoms with van der Waals surface area (Å²) in [5.74, 6) is 0.266. The number of rotatable bonds is 4. The van der Waals surface area contributed by atoms with E-state index in [1.807, 2.05) is 51.7 Å². The number of nitrogens with zero attached hydrogens (tertiary/aromatic N) is 5. The predicted octanol–water partition coefficient (Wildman–Crippen LogP) is 3.82. The van der Waals surface area contributed by atoms with E-state index < -0.39 is 0 Å². The zero-order valence-corrected chi connectivity index (χ0v) is 20.4. The molecule has 0 unspecified atom stereocenters.